The second-order valence-electron chi connectivity index (χ2n) is 7.59. The number of nitrogens with zero attached hydrogens (tertiary/aromatic N) is 1. The molecule has 2 aromatic carbocycles. The number of alkyl halides is 3. The lowest BCUT2D eigenvalue weighted by Crippen LogP contribution is -2.37. The van der Waals surface area contributed by atoms with Gasteiger partial charge in [0.2, 0.25) is 5.91 Å². The number of carbonyl (C=O) groups excluding carboxylic acids is 1. The number of rotatable bonds is 5. The lowest BCUT2D eigenvalue weighted by Gasteiger charge is -2.26. The fraction of sp³-hybridized carbons (Fsp3) is 0.381. The summed E-state index contributed by atoms with van der Waals surface area (Å²) in [7, 11) is 0. The van der Waals surface area contributed by atoms with Crippen LogP contribution in [-0.4, -0.2) is 36.1 Å². The van der Waals surface area contributed by atoms with Crippen LogP contribution in [0.2, 0.25) is 0 Å². The van der Waals surface area contributed by atoms with E-state index < -0.39 is 12.0 Å². The van der Waals surface area contributed by atoms with Crippen molar-refractivity contribution in [1.29, 1.82) is 0 Å². The van der Waals surface area contributed by atoms with E-state index in [9.17, 15) is 23.1 Å². The minimum Gasteiger partial charge on any atom is -0.491 e. The lowest BCUT2D eigenvalue weighted by atomic mass is 10.0. The molecule has 29 heavy (non-hydrogen) atoms. The number of para-hydroxylation sites is 1. The molecule has 1 amide bonds. The van der Waals surface area contributed by atoms with Gasteiger partial charge in [0, 0.05) is 18.2 Å². The van der Waals surface area contributed by atoms with E-state index in [4.69, 9.17) is 4.74 Å². The molecule has 0 bridgehead atoms. The number of amides is 1. The summed E-state index contributed by atoms with van der Waals surface area (Å²) in [6.45, 7) is 0.525. The number of hydrogen-bond acceptors (Lipinski definition) is 4. The number of halogens is 3. The van der Waals surface area contributed by atoms with Crippen molar-refractivity contribution in [2.45, 2.75) is 24.8 Å². The molecule has 0 spiro atoms. The molecule has 1 N–H and O–H groups in total. The summed E-state index contributed by atoms with van der Waals surface area (Å²) in [6.07, 6.45) is -4.02. The van der Waals surface area contributed by atoms with Crippen LogP contribution in [-0.2, 0) is 4.79 Å². The second-order valence-corrected chi connectivity index (χ2v) is 7.59. The fourth-order valence-electron chi connectivity index (χ4n) is 4.21. The first-order chi connectivity index (χ1) is 13.7. The van der Waals surface area contributed by atoms with E-state index in [1.165, 1.54) is 24.3 Å². The summed E-state index contributed by atoms with van der Waals surface area (Å²) in [4.78, 5) is 14.4. The molecule has 1 saturated heterocycles. The Bertz CT molecular complexity index is 872. The zero-order valence-corrected chi connectivity index (χ0v) is 15.4. The molecule has 5 nitrogen and oxygen atoms in total. The van der Waals surface area contributed by atoms with Crippen LogP contribution >= 0.6 is 0 Å². The highest BCUT2D eigenvalue weighted by molar-refractivity contribution is 5.98. The predicted molar refractivity (Wildman–Crippen MR) is 98.6 cm³/mol. The summed E-state index contributed by atoms with van der Waals surface area (Å²) in [5.74, 6) is -0.161. The van der Waals surface area contributed by atoms with Crippen LogP contribution in [0, 0.1) is 11.8 Å². The van der Waals surface area contributed by atoms with E-state index in [1.54, 1.807) is 17.0 Å². The van der Waals surface area contributed by atoms with Crippen molar-refractivity contribution in [1.82, 2.24) is 0 Å². The van der Waals surface area contributed by atoms with Gasteiger partial charge in [-0.3, -0.25) is 4.79 Å². The number of aliphatic hydroxyl groups is 1. The van der Waals surface area contributed by atoms with Gasteiger partial charge in [0.25, 0.3) is 0 Å². The summed E-state index contributed by atoms with van der Waals surface area (Å²) in [5, 5.41) is 10.9. The Morgan fingerprint density at radius 3 is 2.34 bits per heavy atom. The number of ether oxygens (including phenoxy) is 2. The molecule has 8 heteroatoms. The van der Waals surface area contributed by atoms with Gasteiger partial charge in [0.05, 0.1) is 5.60 Å². The molecule has 2 aliphatic rings. The Hall–Kier alpha value is -2.74. The summed E-state index contributed by atoms with van der Waals surface area (Å²) in [5.41, 5.74) is -0.555. The minimum atomic E-state index is -4.76. The Kier molecular flexibility index (Phi) is 4.90. The zero-order chi connectivity index (χ0) is 20.6. The third kappa shape index (κ3) is 4.32. The number of carbonyl (C=O) groups is 1. The highest BCUT2D eigenvalue weighted by Crippen LogP contribution is 2.46. The van der Waals surface area contributed by atoms with Crippen molar-refractivity contribution in [2.75, 3.05) is 18.1 Å². The van der Waals surface area contributed by atoms with E-state index in [2.05, 4.69) is 4.74 Å². The molecule has 1 aliphatic carbocycles. The van der Waals surface area contributed by atoms with Gasteiger partial charge in [-0.05, 0) is 55.2 Å². The first-order valence-electron chi connectivity index (χ1n) is 9.30. The lowest BCUT2D eigenvalue weighted by molar-refractivity contribution is -0.274. The van der Waals surface area contributed by atoms with Gasteiger partial charge in [0.15, 0.2) is 0 Å². The standard InChI is InChI=1S/C21H20F3NO4/c22-21(23,24)29-17-8-6-15(7-9-17)25-12-14-10-20(27,11-18(14)19(25)26)13-28-16-4-2-1-3-5-16/h1-9,14,18,27H,10-13H2. The molecular formula is C21H20F3NO4. The SMILES string of the molecule is O=C1C2CC(O)(COc3ccccc3)CC2CN1c1ccc(OC(F)(F)F)cc1. The molecule has 1 aliphatic heterocycles. The second kappa shape index (κ2) is 7.26. The van der Waals surface area contributed by atoms with Crippen molar-refractivity contribution < 1.29 is 32.5 Å². The van der Waals surface area contributed by atoms with Crippen LogP contribution in [0.15, 0.2) is 54.6 Å². The van der Waals surface area contributed by atoms with Gasteiger partial charge in [-0.2, -0.15) is 0 Å². The van der Waals surface area contributed by atoms with Gasteiger partial charge in [-0.1, -0.05) is 18.2 Å². The van der Waals surface area contributed by atoms with Crippen molar-refractivity contribution in [3.8, 4) is 11.5 Å². The van der Waals surface area contributed by atoms with Gasteiger partial charge in [0.1, 0.15) is 18.1 Å². The van der Waals surface area contributed by atoms with Crippen LogP contribution in [0.25, 0.3) is 0 Å². The maximum atomic E-state index is 12.8. The van der Waals surface area contributed by atoms with E-state index in [0.717, 1.165) is 0 Å². The van der Waals surface area contributed by atoms with E-state index in [0.29, 0.717) is 30.8 Å². The topological polar surface area (TPSA) is 59.0 Å². The number of hydrogen-bond donors (Lipinski definition) is 1. The molecule has 2 aromatic rings. The number of fused-ring (bicyclic) bond motifs is 1. The Labute approximate surface area is 165 Å². The molecule has 4 rings (SSSR count). The number of anilines is 1. The average molecular weight is 407 g/mol. The Morgan fingerprint density at radius 2 is 1.72 bits per heavy atom. The van der Waals surface area contributed by atoms with Gasteiger partial charge in [-0.25, -0.2) is 0 Å². The molecule has 1 heterocycles. The molecule has 0 aromatic heterocycles. The van der Waals surface area contributed by atoms with Crippen LogP contribution in [0.5, 0.6) is 11.5 Å². The Morgan fingerprint density at radius 1 is 1.03 bits per heavy atom. The third-order valence-corrected chi connectivity index (χ3v) is 5.44. The van der Waals surface area contributed by atoms with E-state index in [1.807, 2.05) is 18.2 Å². The van der Waals surface area contributed by atoms with Crippen molar-refractivity contribution in [3.05, 3.63) is 54.6 Å². The summed E-state index contributed by atoms with van der Waals surface area (Å²) in [6, 6.07) is 14.4. The first-order valence-corrected chi connectivity index (χ1v) is 9.30. The largest absolute Gasteiger partial charge is 0.573 e. The van der Waals surface area contributed by atoms with Gasteiger partial charge < -0.3 is 19.5 Å². The summed E-state index contributed by atoms with van der Waals surface area (Å²) < 4.78 is 46.4. The van der Waals surface area contributed by atoms with Gasteiger partial charge >= 0.3 is 6.36 Å². The van der Waals surface area contributed by atoms with Crippen molar-refractivity contribution in [3.63, 3.8) is 0 Å². The van der Waals surface area contributed by atoms with Crippen molar-refractivity contribution >= 4 is 11.6 Å². The normalized spacial score (nSPS) is 26.5. The van der Waals surface area contributed by atoms with Crippen LogP contribution in [0.1, 0.15) is 12.8 Å². The van der Waals surface area contributed by atoms with E-state index >= 15 is 0 Å². The van der Waals surface area contributed by atoms with Crippen LogP contribution in [0.3, 0.4) is 0 Å². The molecule has 3 atom stereocenters. The molecule has 3 unspecified atom stereocenters. The fourth-order valence-corrected chi connectivity index (χ4v) is 4.21. The monoisotopic (exact) mass is 407 g/mol. The smallest absolute Gasteiger partial charge is 0.491 e. The van der Waals surface area contributed by atoms with Crippen LogP contribution < -0.4 is 14.4 Å². The van der Waals surface area contributed by atoms with Crippen molar-refractivity contribution in [2.24, 2.45) is 11.8 Å². The maximum Gasteiger partial charge on any atom is 0.573 e. The summed E-state index contributed by atoms with van der Waals surface area (Å²) >= 11 is 0. The zero-order valence-electron chi connectivity index (χ0n) is 15.4. The molecule has 154 valence electrons. The maximum absolute atomic E-state index is 12.8. The Balaban J connectivity index is 1.38. The quantitative estimate of drug-likeness (QED) is 0.820. The highest BCUT2D eigenvalue weighted by Gasteiger charge is 2.53. The van der Waals surface area contributed by atoms with Crippen LogP contribution in [0.4, 0.5) is 18.9 Å². The molecule has 2 fully saturated rings. The predicted octanol–water partition coefficient (Wildman–Crippen LogP) is 3.77. The third-order valence-electron chi connectivity index (χ3n) is 5.44. The molecule has 0 radical (unpaired) electrons. The molecular weight excluding hydrogens is 387 g/mol. The highest BCUT2D eigenvalue weighted by atomic mass is 19.4. The number of benzene rings is 2. The molecule has 1 saturated carbocycles. The average Bonchev–Trinajstić information content (AvgIpc) is 3.15. The van der Waals surface area contributed by atoms with E-state index in [-0.39, 0.29) is 30.1 Å². The van der Waals surface area contributed by atoms with Gasteiger partial charge in [-0.15, -0.1) is 13.2 Å². The minimum absolute atomic E-state index is 0.0297. The first kappa shape index (κ1) is 19.6.